The quantitative estimate of drug-likeness (QED) is 0.609. The van der Waals surface area contributed by atoms with Crippen LogP contribution in [0.4, 0.5) is 4.79 Å². The summed E-state index contributed by atoms with van der Waals surface area (Å²) in [6.07, 6.45) is 4.93. The van der Waals surface area contributed by atoms with Crippen molar-refractivity contribution < 1.29 is 9.90 Å². The first-order valence-electron chi connectivity index (χ1n) is 4.22. The molecule has 1 atom stereocenters. The maximum Gasteiger partial charge on any atom is 0.329 e. The summed E-state index contributed by atoms with van der Waals surface area (Å²) in [5, 5.41) is 9.23. The average molecular weight is 181 g/mol. The summed E-state index contributed by atoms with van der Waals surface area (Å²) >= 11 is 0. The molecule has 1 aromatic rings. The lowest BCUT2D eigenvalue weighted by Gasteiger charge is -2.14. The van der Waals surface area contributed by atoms with E-state index in [0.717, 1.165) is 0 Å². The second-order valence-corrected chi connectivity index (χ2v) is 3.14. The molecule has 1 aliphatic heterocycles. The lowest BCUT2D eigenvalue weighted by molar-refractivity contribution is 0.172. The minimum absolute atomic E-state index is 0.117. The standard InChI is InChI=1S/C8H11N3O2/c12-7-1-3-10(5-7)8(13)11-4-2-9-6-11/h2,4,6-7,12H,1,3,5H2. The summed E-state index contributed by atoms with van der Waals surface area (Å²) in [4.78, 5) is 17.0. The Morgan fingerprint density at radius 3 is 3.00 bits per heavy atom. The molecule has 1 saturated heterocycles. The van der Waals surface area contributed by atoms with E-state index < -0.39 is 0 Å². The first-order chi connectivity index (χ1) is 6.27. The molecule has 1 N–H and O–H groups in total. The minimum Gasteiger partial charge on any atom is -0.391 e. The number of carbonyl (C=O) groups excluding carboxylic acids is 1. The number of hydrogen-bond donors (Lipinski definition) is 1. The Morgan fingerprint density at radius 1 is 1.62 bits per heavy atom. The van der Waals surface area contributed by atoms with E-state index in [4.69, 9.17) is 0 Å². The molecule has 1 fully saturated rings. The number of nitrogens with zero attached hydrogens (tertiary/aromatic N) is 3. The largest absolute Gasteiger partial charge is 0.391 e. The molecule has 0 bridgehead atoms. The van der Waals surface area contributed by atoms with Crippen molar-refractivity contribution in [1.29, 1.82) is 0 Å². The number of aromatic nitrogens is 2. The highest BCUT2D eigenvalue weighted by molar-refractivity contribution is 5.76. The van der Waals surface area contributed by atoms with Crippen molar-refractivity contribution in [3.05, 3.63) is 18.7 Å². The third-order valence-corrected chi connectivity index (χ3v) is 2.16. The van der Waals surface area contributed by atoms with Gasteiger partial charge in [-0.3, -0.25) is 4.57 Å². The zero-order chi connectivity index (χ0) is 9.26. The van der Waals surface area contributed by atoms with E-state index in [0.29, 0.717) is 19.5 Å². The van der Waals surface area contributed by atoms with Gasteiger partial charge in [-0.15, -0.1) is 0 Å². The highest BCUT2D eigenvalue weighted by Gasteiger charge is 2.24. The van der Waals surface area contributed by atoms with E-state index in [1.165, 1.54) is 10.9 Å². The van der Waals surface area contributed by atoms with Gasteiger partial charge in [0.15, 0.2) is 0 Å². The van der Waals surface area contributed by atoms with Crippen LogP contribution in [0.2, 0.25) is 0 Å². The molecule has 1 amide bonds. The Kier molecular flexibility index (Phi) is 2.02. The van der Waals surface area contributed by atoms with Gasteiger partial charge in [0.1, 0.15) is 6.33 Å². The number of imidazole rings is 1. The van der Waals surface area contributed by atoms with Gasteiger partial charge in [0.2, 0.25) is 0 Å². The van der Waals surface area contributed by atoms with Crippen molar-refractivity contribution in [3.63, 3.8) is 0 Å². The molecule has 13 heavy (non-hydrogen) atoms. The predicted molar refractivity (Wildman–Crippen MR) is 45.2 cm³/mol. The molecular formula is C8H11N3O2. The second kappa shape index (κ2) is 3.18. The summed E-state index contributed by atoms with van der Waals surface area (Å²) in [7, 11) is 0. The van der Waals surface area contributed by atoms with Gasteiger partial charge in [-0.2, -0.15) is 0 Å². The molecule has 0 spiro atoms. The van der Waals surface area contributed by atoms with E-state index >= 15 is 0 Å². The molecular weight excluding hydrogens is 170 g/mol. The van der Waals surface area contributed by atoms with E-state index in [-0.39, 0.29) is 12.1 Å². The molecule has 1 aromatic heterocycles. The fourth-order valence-electron chi connectivity index (χ4n) is 1.45. The molecule has 1 unspecified atom stereocenters. The maximum absolute atomic E-state index is 11.6. The molecule has 5 heteroatoms. The third-order valence-electron chi connectivity index (χ3n) is 2.16. The van der Waals surface area contributed by atoms with Crippen LogP contribution in [0.5, 0.6) is 0 Å². The van der Waals surface area contributed by atoms with E-state index in [1.807, 2.05) is 0 Å². The summed E-state index contributed by atoms with van der Waals surface area (Å²) in [5.74, 6) is 0. The number of amides is 1. The summed E-state index contributed by atoms with van der Waals surface area (Å²) < 4.78 is 1.41. The van der Waals surface area contributed by atoms with Crippen LogP contribution < -0.4 is 0 Å². The fraction of sp³-hybridized carbons (Fsp3) is 0.500. The number of rotatable bonds is 0. The van der Waals surface area contributed by atoms with Gasteiger partial charge in [-0.05, 0) is 6.42 Å². The van der Waals surface area contributed by atoms with Crippen LogP contribution in [0.15, 0.2) is 18.7 Å². The average Bonchev–Trinajstić information content (AvgIpc) is 2.72. The summed E-state index contributed by atoms with van der Waals surface area (Å²) in [6, 6.07) is -0.117. The highest BCUT2D eigenvalue weighted by Crippen LogP contribution is 2.09. The van der Waals surface area contributed by atoms with Crippen LogP contribution in [0.25, 0.3) is 0 Å². The number of hydrogen-bond acceptors (Lipinski definition) is 3. The first-order valence-corrected chi connectivity index (χ1v) is 4.22. The Balaban J connectivity index is 2.06. The first kappa shape index (κ1) is 8.25. The monoisotopic (exact) mass is 181 g/mol. The molecule has 0 radical (unpaired) electrons. The normalized spacial score (nSPS) is 22.2. The predicted octanol–water partition coefficient (Wildman–Crippen LogP) is -0.0822. The molecule has 70 valence electrons. The number of β-amino-alcohol motifs (C(OH)–C–C–N with tert-alkyl or cyclic N) is 1. The van der Waals surface area contributed by atoms with Gasteiger partial charge < -0.3 is 10.0 Å². The molecule has 0 aromatic carbocycles. The second-order valence-electron chi connectivity index (χ2n) is 3.14. The van der Waals surface area contributed by atoms with Crippen molar-refractivity contribution in [2.45, 2.75) is 12.5 Å². The van der Waals surface area contributed by atoms with Crippen molar-refractivity contribution in [2.75, 3.05) is 13.1 Å². The maximum atomic E-state index is 11.6. The Bertz CT molecular complexity index is 296. The van der Waals surface area contributed by atoms with Crippen LogP contribution >= 0.6 is 0 Å². The highest BCUT2D eigenvalue weighted by atomic mass is 16.3. The lowest BCUT2D eigenvalue weighted by atomic mass is 10.3. The van der Waals surface area contributed by atoms with Crippen molar-refractivity contribution >= 4 is 6.03 Å². The van der Waals surface area contributed by atoms with Gasteiger partial charge in [-0.25, -0.2) is 9.78 Å². The van der Waals surface area contributed by atoms with Crippen molar-refractivity contribution in [3.8, 4) is 0 Å². The SMILES string of the molecule is O=C(N1CCC(O)C1)n1ccnc1. The molecule has 2 rings (SSSR count). The Labute approximate surface area is 75.6 Å². The minimum atomic E-state index is -0.368. The number of aliphatic hydroxyl groups is 1. The van der Waals surface area contributed by atoms with Gasteiger partial charge in [-0.1, -0.05) is 0 Å². The van der Waals surface area contributed by atoms with Crippen LogP contribution in [-0.2, 0) is 0 Å². The summed E-state index contributed by atoms with van der Waals surface area (Å²) in [5.41, 5.74) is 0. The Hall–Kier alpha value is -1.36. The van der Waals surface area contributed by atoms with E-state index in [1.54, 1.807) is 17.3 Å². The van der Waals surface area contributed by atoms with Crippen LogP contribution in [0.1, 0.15) is 6.42 Å². The zero-order valence-corrected chi connectivity index (χ0v) is 7.13. The summed E-state index contributed by atoms with van der Waals surface area (Å²) in [6.45, 7) is 1.05. The molecule has 5 nitrogen and oxygen atoms in total. The third kappa shape index (κ3) is 1.55. The number of aliphatic hydroxyl groups excluding tert-OH is 1. The van der Waals surface area contributed by atoms with Gasteiger partial charge in [0, 0.05) is 25.5 Å². The molecule has 0 saturated carbocycles. The number of carbonyl (C=O) groups is 1. The molecule has 1 aliphatic rings. The van der Waals surface area contributed by atoms with Crippen LogP contribution in [0.3, 0.4) is 0 Å². The van der Waals surface area contributed by atoms with Crippen molar-refractivity contribution in [1.82, 2.24) is 14.5 Å². The topological polar surface area (TPSA) is 58.4 Å². The number of likely N-dealkylation sites (tertiary alicyclic amines) is 1. The van der Waals surface area contributed by atoms with Crippen LogP contribution in [-0.4, -0.2) is 44.8 Å². The fourth-order valence-corrected chi connectivity index (χ4v) is 1.45. The van der Waals surface area contributed by atoms with Crippen molar-refractivity contribution in [2.24, 2.45) is 0 Å². The van der Waals surface area contributed by atoms with E-state index in [9.17, 15) is 9.90 Å². The molecule has 0 aliphatic carbocycles. The smallest absolute Gasteiger partial charge is 0.329 e. The molecule has 2 heterocycles. The zero-order valence-electron chi connectivity index (χ0n) is 7.13. The van der Waals surface area contributed by atoms with Gasteiger partial charge >= 0.3 is 6.03 Å². The van der Waals surface area contributed by atoms with E-state index in [2.05, 4.69) is 4.98 Å². The van der Waals surface area contributed by atoms with Crippen LogP contribution in [0, 0.1) is 0 Å². The van der Waals surface area contributed by atoms with Gasteiger partial charge in [0.25, 0.3) is 0 Å². The lowest BCUT2D eigenvalue weighted by Crippen LogP contribution is -2.32. The van der Waals surface area contributed by atoms with Gasteiger partial charge in [0.05, 0.1) is 6.10 Å². The Morgan fingerprint density at radius 2 is 2.46 bits per heavy atom.